The first-order valence-electron chi connectivity index (χ1n) is 10.9. The van der Waals surface area contributed by atoms with Crippen LogP contribution in [0.5, 0.6) is 0 Å². The zero-order valence-corrected chi connectivity index (χ0v) is 18.5. The Morgan fingerprint density at radius 2 is 1.97 bits per heavy atom. The zero-order valence-electron chi connectivity index (χ0n) is 18.5. The third kappa shape index (κ3) is 5.02. The maximum absolute atomic E-state index is 13.4. The standard InChI is InChI=1S/C24H24F3N5O2/c1-2-34-13-5-10-28-23-29-11-9-19(30-23)21-20(16-6-3-8-18(14-16)24(25,26)27)31-22-17(15-33)7-4-12-32(21)22/h3-4,6-9,11-12,14,33H,2,5,10,13,15H2,1H3,(H,28,29,30). The third-order valence-electron chi connectivity index (χ3n) is 5.22. The van der Waals surface area contributed by atoms with Crippen LogP contribution < -0.4 is 5.32 Å². The molecule has 34 heavy (non-hydrogen) atoms. The number of aliphatic hydroxyl groups is 1. The second-order valence-electron chi connectivity index (χ2n) is 7.52. The predicted molar refractivity (Wildman–Crippen MR) is 122 cm³/mol. The van der Waals surface area contributed by atoms with Crippen molar-refractivity contribution in [1.29, 1.82) is 0 Å². The van der Waals surface area contributed by atoms with Crippen molar-refractivity contribution in [2.24, 2.45) is 0 Å². The van der Waals surface area contributed by atoms with Gasteiger partial charge in [0, 0.05) is 43.3 Å². The van der Waals surface area contributed by atoms with Crippen LogP contribution >= 0.6 is 0 Å². The molecule has 0 bridgehead atoms. The fraction of sp³-hybridized carbons (Fsp3) is 0.292. The molecule has 0 atom stereocenters. The molecule has 10 heteroatoms. The molecule has 0 aliphatic carbocycles. The van der Waals surface area contributed by atoms with Gasteiger partial charge in [0.2, 0.25) is 5.95 Å². The number of ether oxygens (including phenoxy) is 1. The SMILES string of the molecule is CCOCCCNc1nccc(-c2c(-c3cccc(C(F)(F)F)c3)nc3c(CO)cccn23)n1. The molecule has 0 aliphatic heterocycles. The van der Waals surface area contributed by atoms with Crippen LogP contribution in [-0.4, -0.2) is 44.2 Å². The number of aliphatic hydroxyl groups excluding tert-OH is 1. The van der Waals surface area contributed by atoms with Crippen LogP contribution in [0.3, 0.4) is 0 Å². The Hall–Kier alpha value is -3.50. The Morgan fingerprint density at radius 1 is 1.12 bits per heavy atom. The Labute approximate surface area is 194 Å². The van der Waals surface area contributed by atoms with Crippen LogP contribution in [0, 0.1) is 0 Å². The van der Waals surface area contributed by atoms with Gasteiger partial charge in [0.1, 0.15) is 5.65 Å². The van der Waals surface area contributed by atoms with Crippen molar-refractivity contribution >= 4 is 11.6 Å². The second-order valence-corrected chi connectivity index (χ2v) is 7.52. The van der Waals surface area contributed by atoms with Crippen LogP contribution in [0.1, 0.15) is 24.5 Å². The number of anilines is 1. The van der Waals surface area contributed by atoms with E-state index in [9.17, 15) is 18.3 Å². The minimum absolute atomic E-state index is 0.265. The van der Waals surface area contributed by atoms with Gasteiger partial charge in [-0.15, -0.1) is 0 Å². The quantitative estimate of drug-likeness (QED) is 0.341. The lowest BCUT2D eigenvalue weighted by atomic mass is 10.1. The highest BCUT2D eigenvalue weighted by Crippen LogP contribution is 2.36. The number of halogens is 3. The highest BCUT2D eigenvalue weighted by atomic mass is 19.4. The molecule has 4 aromatic rings. The number of alkyl halides is 3. The Morgan fingerprint density at radius 3 is 2.74 bits per heavy atom. The van der Waals surface area contributed by atoms with E-state index < -0.39 is 11.7 Å². The molecule has 3 aromatic heterocycles. The van der Waals surface area contributed by atoms with E-state index in [1.165, 1.54) is 6.07 Å². The molecule has 0 saturated heterocycles. The van der Waals surface area contributed by atoms with Crippen molar-refractivity contribution in [3.8, 4) is 22.6 Å². The molecule has 4 rings (SSSR count). The van der Waals surface area contributed by atoms with Crippen LogP contribution in [-0.2, 0) is 17.5 Å². The van der Waals surface area contributed by atoms with Crippen molar-refractivity contribution in [3.05, 3.63) is 66.0 Å². The lowest BCUT2D eigenvalue weighted by Crippen LogP contribution is -2.08. The molecular weight excluding hydrogens is 447 g/mol. The minimum Gasteiger partial charge on any atom is -0.392 e. The first kappa shape index (κ1) is 23.7. The monoisotopic (exact) mass is 471 g/mol. The lowest BCUT2D eigenvalue weighted by Gasteiger charge is -2.10. The van der Waals surface area contributed by atoms with Crippen LogP contribution in [0.15, 0.2) is 54.9 Å². The van der Waals surface area contributed by atoms with E-state index in [0.29, 0.717) is 59.6 Å². The van der Waals surface area contributed by atoms with Gasteiger partial charge in [-0.05, 0) is 37.6 Å². The summed E-state index contributed by atoms with van der Waals surface area (Å²) in [5.74, 6) is 0.386. The van der Waals surface area contributed by atoms with E-state index in [4.69, 9.17) is 4.74 Å². The largest absolute Gasteiger partial charge is 0.416 e. The first-order valence-corrected chi connectivity index (χ1v) is 10.9. The summed E-state index contributed by atoms with van der Waals surface area (Å²) < 4.78 is 47.2. The molecule has 7 nitrogen and oxygen atoms in total. The molecule has 0 radical (unpaired) electrons. The molecule has 0 unspecified atom stereocenters. The number of aromatic nitrogens is 4. The number of nitrogens with one attached hydrogen (secondary N) is 1. The smallest absolute Gasteiger partial charge is 0.392 e. The van der Waals surface area contributed by atoms with Crippen molar-refractivity contribution < 1.29 is 23.0 Å². The summed E-state index contributed by atoms with van der Waals surface area (Å²) in [6.45, 7) is 3.53. The van der Waals surface area contributed by atoms with E-state index in [2.05, 4.69) is 20.3 Å². The van der Waals surface area contributed by atoms with Gasteiger partial charge < -0.3 is 15.2 Å². The highest BCUT2D eigenvalue weighted by Gasteiger charge is 2.31. The Kier molecular flexibility index (Phi) is 7.09. The van der Waals surface area contributed by atoms with E-state index >= 15 is 0 Å². The number of hydrogen-bond acceptors (Lipinski definition) is 6. The summed E-state index contributed by atoms with van der Waals surface area (Å²) >= 11 is 0. The zero-order chi connectivity index (χ0) is 24.1. The topological polar surface area (TPSA) is 84.6 Å². The highest BCUT2D eigenvalue weighted by molar-refractivity contribution is 5.81. The lowest BCUT2D eigenvalue weighted by molar-refractivity contribution is -0.137. The number of nitrogens with zero attached hydrogens (tertiary/aromatic N) is 4. The van der Waals surface area contributed by atoms with Crippen LogP contribution in [0.2, 0.25) is 0 Å². The van der Waals surface area contributed by atoms with Crippen molar-refractivity contribution in [3.63, 3.8) is 0 Å². The maximum Gasteiger partial charge on any atom is 0.416 e. The molecule has 0 spiro atoms. The third-order valence-corrected chi connectivity index (χ3v) is 5.22. The van der Waals surface area contributed by atoms with Gasteiger partial charge in [0.15, 0.2) is 0 Å². The summed E-state index contributed by atoms with van der Waals surface area (Å²) in [6, 6.07) is 10.2. The van der Waals surface area contributed by atoms with Gasteiger partial charge >= 0.3 is 6.18 Å². The molecule has 2 N–H and O–H groups in total. The molecule has 1 aromatic carbocycles. The molecule has 0 saturated carbocycles. The molecule has 178 valence electrons. The molecule has 0 aliphatic rings. The van der Waals surface area contributed by atoms with E-state index in [-0.39, 0.29) is 6.61 Å². The van der Waals surface area contributed by atoms with Gasteiger partial charge in [-0.25, -0.2) is 15.0 Å². The number of benzene rings is 1. The molecule has 3 heterocycles. The number of pyridine rings is 1. The second kappa shape index (κ2) is 10.2. The van der Waals surface area contributed by atoms with Crippen molar-refractivity contribution in [1.82, 2.24) is 19.4 Å². The van der Waals surface area contributed by atoms with Crippen molar-refractivity contribution in [2.45, 2.75) is 26.1 Å². The van der Waals surface area contributed by atoms with Gasteiger partial charge in [-0.2, -0.15) is 13.2 Å². The molecule has 0 fully saturated rings. The fourth-order valence-electron chi connectivity index (χ4n) is 3.63. The van der Waals surface area contributed by atoms with Gasteiger partial charge in [-0.1, -0.05) is 18.2 Å². The number of imidazole rings is 1. The average molecular weight is 471 g/mol. The Bertz CT molecular complexity index is 1270. The summed E-state index contributed by atoms with van der Waals surface area (Å²) in [6.07, 6.45) is -0.394. The van der Waals surface area contributed by atoms with E-state index in [1.54, 1.807) is 41.1 Å². The maximum atomic E-state index is 13.4. The van der Waals surface area contributed by atoms with Gasteiger partial charge in [-0.3, -0.25) is 4.40 Å². The summed E-state index contributed by atoms with van der Waals surface area (Å²) in [4.78, 5) is 13.5. The Balaban J connectivity index is 1.81. The van der Waals surface area contributed by atoms with Gasteiger partial charge in [0.25, 0.3) is 0 Å². The summed E-state index contributed by atoms with van der Waals surface area (Å²) in [7, 11) is 0. The minimum atomic E-state index is -4.49. The van der Waals surface area contributed by atoms with Crippen LogP contribution in [0.25, 0.3) is 28.3 Å². The first-order chi connectivity index (χ1) is 16.4. The van der Waals surface area contributed by atoms with E-state index in [1.807, 2.05) is 6.92 Å². The summed E-state index contributed by atoms with van der Waals surface area (Å²) in [5.41, 5.74) is 1.83. The molecular formula is C24H24F3N5O2. The fourth-order valence-corrected chi connectivity index (χ4v) is 3.63. The number of rotatable bonds is 9. The van der Waals surface area contributed by atoms with E-state index in [0.717, 1.165) is 18.6 Å². The molecule has 0 amide bonds. The van der Waals surface area contributed by atoms with Gasteiger partial charge in [0.05, 0.1) is 29.3 Å². The predicted octanol–water partition coefficient (Wildman–Crippen LogP) is 4.81. The van der Waals surface area contributed by atoms with Crippen molar-refractivity contribution in [2.75, 3.05) is 25.1 Å². The normalized spacial score (nSPS) is 11.8. The van der Waals surface area contributed by atoms with Crippen LogP contribution in [0.4, 0.5) is 19.1 Å². The number of hydrogen-bond donors (Lipinski definition) is 2. The summed E-state index contributed by atoms with van der Waals surface area (Å²) in [5, 5.41) is 12.9. The number of fused-ring (bicyclic) bond motifs is 1. The average Bonchev–Trinajstić information content (AvgIpc) is 3.23.